The van der Waals surface area contributed by atoms with E-state index in [1.807, 2.05) is 18.2 Å². The molecular weight excluding hydrogens is 671 g/mol. The van der Waals surface area contributed by atoms with Crippen LogP contribution in [0.15, 0.2) is 55.1 Å². The normalized spacial score (nSPS) is 21.4. The number of anilines is 1. The lowest BCUT2D eigenvalue weighted by Crippen LogP contribution is -2.44. The zero-order valence-electron chi connectivity index (χ0n) is 28.5. The SMILES string of the molecule is CCC(=O)OC1C(C(C)OP(=O)(NC(C)C(=O)OC(C)C)Oc2cccc3ccccc23)OC(n2cnc3c(N)ncnc32)C1OC(=O)CC. The van der Waals surface area contributed by atoms with Gasteiger partial charge in [-0.25, -0.2) is 19.5 Å². The molecule has 5 rings (SSSR count). The van der Waals surface area contributed by atoms with Gasteiger partial charge in [0.1, 0.15) is 29.7 Å². The number of nitrogen functional groups attached to an aromatic ring is 1. The van der Waals surface area contributed by atoms with Gasteiger partial charge in [-0.1, -0.05) is 50.2 Å². The average Bonchev–Trinajstić information content (AvgIpc) is 3.66. The van der Waals surface area contributed by atoms with E-state index < -0.39 is 68.4 Å². The molecule has 2 aromatic heterocycles. The molecule has 0 aliphatic carbocycles. The van der Waals surface area contributed by atoms with Crippen molar-refractivity contribution in [3.63, 3.8) is 0 Å². The summed E-state index contributed by atoms with van der Waals surface area (Å²) >= 11 is 0. The summed E-state index contributed by atoms with van der Waals surface area (Å²) in [5, 5.41) is 4.14. The van der Waals surface area contributed by atoms with Gasteiger partial charge in [-0.3, -0.25) is 23.5 Å². The zero-order valence-corrected chi connectivity index (χ0v) is 29.4. The molecule has 1 aliphatic rings. The third-order valence-electron chi connectivity index (χ3n) is 7.79. The number of nitrogens with two attached hydrogens (primary N) is 1. The number of rotatable bonds is 14. The molecule has 4 aromatic rings. The van der Waals surface area contributed by atoms with Crippen LogP contribution in [0.4, 0.5) is 5.82 Å². The molecular formula is C33H41N6O10P. The highest BCUT2D eigenvalue weighted by Gasteiger charge is 2.54. The lowest BCUT2D eigenvalue weighted by atomic mass is 10.1. The minimum atomic E-state index is -4.49. The summed E-state index contributed by atoms with van der Waals surface area (Å²) in [6.07, 6.45) is -3.83. The van der Waals surface area contributed by atoms with Gasteiger partial charge in [-0.2, -0.15) is 5.09 Å². The van der Waals surface area contributed by atoms with E-state index in [1.54, 1.807) is 52.0 Å². The van der Waals surface area contributed by atoms with Crippen molar-refractivity contribution < 1.29 is 46.9 Å². The maximum atomic E-state index is 14.7. The minimum absolute atomic E-state index is 0.00491. The lowest BCUT2D eigenvalue weighted by Gasteiger charge is -2.30. The number of esters is 3. The maximum absolute atomic E-state index is 14.7. The molecule has 0 bridgehead atoms. The Kier molecular flexibility index (Phi) is 11.4. The van der Waals surface area contributed by atoms with Gasteiger partial charge in [0.2, 0.25) is 0 Å². The van der Waals surface area contributed by atoms with Crippen LogP contribution in [0.2, 0.25) is 0 Å². The van der Waals surface area contributed by atoms with E-state index in [-0.39, 0.29) is 35.6 Å². The highest BCUT2D eigenvalue weighted by atomic mass is 31.2. The quantitative estimate of drug-likeness (QED) is 0.104. The molecule has 7 unspecified atom stereocenters. The van der Waals surface area contributed by atoms with Gasteiger partial charge >= 0.3 is 25.7 Å². The highest BCUT2D eigenvalue weighted by Crippen LogP contribution is 2.50. The highest BCUT2D eigenvalue weighted by molar-refractivity contribution is 7.52. The molecule has 7 atom stereocenters. The van der Waals surface area contributed by atoms with Crippen LogP contribution < -0.4 is 15.3 Å². The summed E-state index contributed by atoms with van der Waals surface area (Å²) in [6.45, 7) is 9.59. The van der Waals surface area contributed by atoms with Gasteiger partial charge in [0.15, 0.2) is 29.9 Å². The molecule has 0 saturated carbocycles. The van der Waals surface area contributed by atoms with Crippen molar-refractivity contribution in [3.05, 3.63) is 55.1 Å². The van der Waals surface area contributed by atoms with E-state index >= 15 is 0 Å². The fraction of sp³-hybridized carbons (Fsp3) is 0.455. The molecule has 17 heteroatoms. The van der Waals surface area contributed by atoms with Gasteiger partial charge in [0.25, 0.3) is 0 Å². The zero-order chi connectivity index (χ0) is 36.2. The molecule has 1 saturated heterocycles. The van der Waals surface area contributed by atoms with Crippen molar-refractivity contribution >= 4 is 53.4 Å². The van der Waals surface area contributed by atoms with Crippen LogP contribution in [0, 0.1) is 0 Å². The predicted octanol–water partition coefficient (Wildman–Crippen LogP) is 4.62. The molecule has 0 spiro atoms. The molecule has 2 aromatic carbocycles. The van der Waals surface area contributed by atoms with Crippen molar-refractivity contribution in [3.8, 4) is 5.75 Å². The number of hydrogen-bond acceptors (Lipinski definition) is 14. The first-order valence-corrected chi connectivity index (χ1v) is 17.8. The van der Waals surface area contributed by atoms with E-state index in [0.29, 0.717) is 5.39 Å². The number of imidazole rings is 1. The fourth-order valence-electron chi connectivity index (χ4n) is 5.44. The Balaban J connectivity index is 1.54. The van der Waals surface area contributed by atoms with Gasteiger partial charge < -0.3 is 29.2 Å². The largest absolute Gasteiger partial charge is 0.462 e. The van der Waals surface area contributed by atoms with Crippen molar-refractivity contribution in [2.45, 2.75) is 97.2 Å². The lowest BCUT2D eigenvalue weighted by molar-refractivity contribution is -0.168. The summed E-state index contributed by atoms with van der Waals surface area (Å²) in [6, 6.07) is 11.4. The summed E-state index contributed by atoms with van der Waals surface area (Å²) in [5.74, 6) is -1.58. The van der Waals surface area contributed by atoms with Crippen molar-refractivity contribution in [2.75, 3.05) is 5.73 Å². The second kappa shape index (κ2) is 15.5. The number of fused-ring (bicyclic) bond motifs is 2. The number of nitrogens with one attached hydrogen (secondary N) is 1. The maximum Gasteiger partial charge on any atom is 0.459 e. The topological polar surface area (TPSA) is 205 Å². The second-order valence-corrected chi connectivity index (χ2v) is 13.5. The van der Waals surface area contributed by atoms with Crippen LogP contribution in [0.5, 0.6) is 5.75 Å². The van der Waals surface area contributed by atoms with E-state index in [9.17, 15) is 18.9 Å². The van der Waals surface area contributed by atoms with Crippen molar-refractivity contribution in [1.29, 1.82) is 0 Å². The van der Waals surface area contributed by atoms with Gasteiger partial charge in [0.05, 0.1) is 18.5 Å². The summed E-state index contributed by atoms with van der Waals surface area (Å²) in [5.41, 5.74) is 6.55. The fourth-order valence-corrected chi connectivity index (χ4v) is 7.15. The predicted molar refractivity (Wildman–Crippen MR) is 181 cm³/mol. The number of benzene rings is 2. The number of aromatic nitrogens is 4. The molecule has 1 fully saturated rings. The second-order valence-electron chi connectivity index (χ2n) is 11.9. The summed E-state index contributed by atoms with van der Waals surface area (Å²) < 4.78 is 52.0. The Morgan fingerprint density at radius 3 is 2.34 bits per heavy atom. The van der Waals surface area contributed by atoms with Crippen LogP contribution in [0.1, 0.15) is 60.6 Å². The Hall–Kier alpha value is -4.63. The average molecular weight is 713 g/mol. The van der Waals surface area contributed by atoms with Crippen molar-refractivity contribution in [2.24, 2.45) is 0 Å². The standard InChI is InChI=1S/C33H41N6O10P/c1-7-24(40)45-28-27(47-32(29(28)46-25(41)8-2)39-17-37-26-30(34)35-16-36-31(26)39)20(6)48-50(43,38-19(5)33(42)44-18(3)4)49-23-15-11-13-21-12-9-10-14-22(21)23/h9-20,27-29,32H,7-8H2,1-6H3,(H,38,43)(H2,34,35,36). The third kappa shape index (κ3) is 8.05. The number of nitrogens with zero attached hydrogens (tertiary/aromatic N) is 4. The smallest absolute Gasteiger partial charge is 0.459 e. The van der Waals surface area contributed by atoms with Gasteiger partial charge in [-0.05, 0) is 39.1 Å². The van der Waals surface area contributed by atoms with Gasteiger partial charge in [0, 0.05) is 18.2 Å². The molecule has 0 amide bonds. The van der Waals surface area contributed by atoms with Crippen LogP contribution in [0.25, 0.3) is 21.9 Å². The van der Waals surface area contributed by atoms with Crippen molar-refractivity contribution in [1.82, 2.24) is 24.6 Å². The van der Waals surface area contributed by atoms with Crippen LogP contribution in [-0.4, -0.2) is 74.0 Å². The summed E-state index contributed by atoms with van der Waals surface area (Å²) in [7, 11) is -4.49. The Morgan fingerprint density at radius 1 is 0.960 bits per heavy atom. The first-order valence-electron chi connectivity index (χ1n) is 16.3. The monoisotopic (exact) mass is 712 g/mol. The number of ether oxygens (including phenoxy) is 4. The number of hydrogen-bond donors (Lipinski definition) is 2. The molecule has 268 valence electrons. The third-order valence-corrected chi connectivity index (χ3v) is 9.54. The molecule has 16 nitrogen and oxygen atoms in total. The Bertz CT molecular complexity index is 1900. The first kappa shape index (κ1) is 36.6. The number of carbonyl (C=O) groups excluding carboxylic acids is 3. The molecule has 3 heterocycles. The van der Waals surface area contributed by atoms with Crippen LogP contribution >= 0.6 is 7.75 Å². The molecule has 1 aliphatic heterocycles. The number of carbonyl (C=O) groups is 3. The van der Waals surface area contributed by atoms with E-state index in [4.69, 9.17) is 33.7 Å². The van der Waals surface area contributed by atoms with Crippen LogP contribution in [0.3, 0.4) is 0 Å². The molecule has 50 heavy (non-hydrogen) atoms. The first-order chi connectivity index (χ1) is 23.8. The minimum Gasteiger partial charge on any atom is -0.462 e. The van der Waals surface area contributed by atoms with Crippen LogP contribution in [-0.2, 0) is 42.4 Å². The van der Waals surface area contributed by atoms with E-state index in [0.717, 1.165) is 5.39 Å². The van der Waals surface area contributed by atoms with Gasteiger partial charge in [-0.15, -0.1) is 0 Å². The molecule has 3 N–H and O–H groups in total. The Morgan fingerprint density at radius 2 is 1.64 bits per heavy atom. The molecule has 0 radical (unpaired) electrons. The summed E-state index contributed by atoms with van der Waals surface area (Å²) in [4.78, 5) is 50.9. The van der Waals surface area contributed by atoms with E-state index in [2.05, 4.69) is 20.0 Å². The Labute approximate surface area is 288 Å². The van der Waals surface area contributed by atoms with E-state index in [1.165, 1.54) is 31.1 Å².